The minimum atomic E-state index is 0.505. The van der Waals surface area contributed by atoms with Gasteiger partial charge in [0.2, 0.25) is 11.7 Å². The summed E-state index contributed by atoms with van der Waals surface area (Å²) in [5.41, 5.74) is 0.721. The number of pyridine rings is 1. The number of halogens is 1. The van der Waals surface area contributed by atoms with Crippen molar-refractivity contribution in [3.8, 4) is 11.5 Å². The third-order valence-corrected chi connectivity index (χ3v) is 3.01. The van der Waals surface area contributed by atoms with E-state index in [2.05, 4.69) is 50.2 Å². The molecule has 102 valence electrons. The Balaban J connectivity index is 1.90. The standard InChI is InChI=1S/C13H17BrN4O/c1-9(2)15-7-3-4-12-17-13(18-19-12)11-6-5-10(14)8-16-11/h5-6,8-9,15H,3-4,7H2,1-2H3. The molecule has 2 heterocycles. The highest BCUT2D eigenvalue weighted by molar-refractivity contribution is 9.10. The van der Waals surface area contributed by atoms with Crippen molar-refractivity contribution in [1.29, 1.82) is 0 Å². The van der Waals surface area contributed by atoms with Crippen LogP contribution >= 0.6 is 15.9 Å². The summed E-state index contributed by atoms with van der Waals surface area (Å²) in [4.78, 5) is 8.58. The number of hydrogen-bond acceptors (Lipinski definition) is 5. The van der Waals surface area contributed by atoms with Gasteiger partial charge in [-0.25, -0.2) is 0 Å². The zero-order valence-corrected chi connectivity index (χ0v) is 12.6. The smallest absolute Gasteiger partial charge is 0.227 e. The first-order valence-electron chi connectivity index (χ1n) is 6.33. The van der Waals surface area contributed by atoms with Crippen molar-refractivity contribution < 1.29 is 4.52 Å². The number of aromatic nitrogens is 3. The van der Waals surface area contributed by atoms with E-state index < -0.39 is 0 Å². The number of hydrogen-bond donors (Lipinski definition) is 1. The third kappa shape index (κ3) is 4.40. The zero-order valence-electron chi connectivity index (χ0n) is 11.1. The van der Waals surface area contributed by atoms with Gasteiger partial charge in [-0.3, -0.25) is 4.98 Å². The van der Waals surface area contributed by atoms with Crippen molar-refractivity contribution in [3.05, 3.63) is 28.7 Å². The molecule has 0 atom stereocenters. The minimum Gasteiger partial charge on any atom is -0.339 e. The minimum absolute atomic E-state index is 0.505. The summed E-state index contributed by atoms with van der Waals surface area (Å²) < 4.78 is 6.15. The van der Waals surface area contributed by atoms with Crippen LogP contribution in [-0.4, -0.2) is 27.7 Å². The lowest BCUT2D eigenvalue weighted by Gasteiger charge is -2.05. The molecule has 5 nitrogen and oxygen atoms in total. The monoisotopic (exact) mass is 324 g/mol. The summed E-state index contributed by atoms with van der Waals surface area (Å²) in [6, 6.07) is 4.27. The van der Waals surface area contributed by atoms with E-state index in [0.717, 1.165) is 29.6 Å². The molecule has 0 spiro atoms. The van der Waals surface area contributed by atoms with Gasteiger partial charge in [-0.15, -0.1) is 0 Å². The number of nitrogens with zero attached hydrogens (tertiary/aromatic N) is 3. The van der Waals surface area contributed by atoms with E-state index >= 15 is 0 Å². The lowest BCUT2D eigenvalue weighted by atomic mass is 10.3. The van der Waals surface area contributed by atoms with Crippen LogP contribution in [0, 0.1) is 0 Å². The maximum absolute atomic E-state index is 5.22. The van der Waals surface area contributed by atoms with Crippen LogP contribution in [0.15, 0.2) is 27.3 Å². The van der Waals surface area contributed by atoms with Crippen LogP contribution in [0.25, 0.3) is 11.5 Å². The lowest BCUT2D eigenvalue weighted by Crippen LogP contribution is -2.23. The van der Waals surface area contributed by atoms with Gasteiger partial charge in [-0.2, -0.15) is 4.98 Å². The lowest BCUT2D eigenvalue weighted by molar-refractivity contribution is 0.374. The molecule has 6 heteroatoms. The summed E-state index contributed by atoms with van der Waals surface area (Å²) in [6.45, 7) is 5.21. The van der Waals surface area contributed by atoms with E-state index in [0.29, 0.717) is 17.8 Å². The van der Waals surface area contributed by atoms with Crippen molar-refractivity contribution in [3.63, 3.8) is 0 Å². The Kier molecular flexibility index (Phi) is 5.04. The fourth-order valence-electron chi connectivity index (χ4n) is 1.60. The molecule has 0 aliphatic rings. The fourth-order valence-corrected chi connectivity index (χ4v) is 1.83. The molecule has 0 bridgehead atoms. The summed E-state index contributed by atoms with van der Waals surface area (Å²) in [5, 5.41) is 7.30. The predicted octanol–water partition coefficient (Wildman–Crippen LogP) is 2.82. The maximum Gasteiger partial charge on any atom is 0.227 e. The Bertz CT molecular complexity index is 510. The van der Waals surface area contributed by atoms with Crippen LogP contribution in [0.5, 0.6) is 0 Å². The van der Waals surface area contributed by atoms with Gasteiger partial charge in [0, 0.05) is 23.1 Å². The highest BCUT2D eigenvalue weighted by atomic mass is 79.9. The van der Waals surface area contributed by atoms with Gasteiger partial charge < -0.3 is 9.84 Å². The van der Waals surface area contributed by atoms with Gasteiger partial charge in [0.15, 0.2) is 0 Å². The molecule has 2 rings (SSSR count). The highest BCUT2D eigenvalue weighted by Gasteiger charge is 2.09. The molecule has 19 heavy (non-hydrogen) atoms. The van der Waals surface area contributed by atoms with Gasteiger partial charge in [0.1, 0.15) is 5.69 Å². The predicted molar refractivity (Wildman–Crippen MR) is 76.7 cm³/mol. The molecule has 1 N–H and O–H groups in total. The molecule has 0 unspecified atom stereocenters. The van der Waals surface area contributed by atoms with E-state index in [1.807, 2.05) is 12.1 Å². The summed E-state index contributed by atoms with van der Waals surface area (Å²) >= 11 is 3.34. The van der Waals surface area contributed by atoms with Crippen molar-refractivity contribution >= 4 is 15.9 Å². The maximum atomic E-state index is 5.22. The highest BCUT2D eigenvalue weighted by Crippen LogP contribution is 2.16. The second kappa shape index (κ2) is 6.77. The second-order valence-electron chi connectivity index (χ2n) is 4.59. The van der Waals surface area contributed by atoms with Crippen molar-refractivity contribution in [2.24, 2.45) is 0 Å². The fraction of sp³-hybridized carbons (Fsp3) is 0.462. The van der Waals surface area contributed by atoms with Gasteiger partial charge >= 0.3 is 0 Å². The first-order valence-corrected chi connectivity index (χ1v) is 7.12. The summed E-state index contributed by atoms with van der Waals surface area (Å²) in [6.07, 6.45) is 3.48. The van der Waals surface area contributed by atoms with Crippen LogP contribution in [0.2, 0.25) is 0 Å². The second-order valence-corrected chi connectivity index (χ2v) is 5.50. The van der Waals surface area contributed by atoms with Crippen molar-refractivity contribution in [2.45, 2.75) is 32.7 Å². The normalized spacial score (nSPS) is 11.2. The van der Waals surface area contributed by atoms with E-state index in [1.54, 1.807) is 6.20 Å². The Morgan fingerprint density at radius 2 is 2.21 bits per heavy atom. The summed E-state index contributed by atoms with van der Waals surface area (Å²) in [7, 11) is 0. The Labute approximate surface area is 121 Å². The molecule has 2 aromatic heterocycles. The quantitative estimate of drug-likeness (QED) is 0.828. The topological polar surface area (TPSA) is 63.8 Å². The molecule has 0 aromatic carbocycles. The first-order chi connectivity index (χ1) is 9.15. The molecule has 0 amide bonds. The SMILES string of the molecule is CC(C)NCCCc1nc(-c2ccc(Br)cn2)no1. The Morgan fingerprint density at radius 1 is 1.37 bits per heavy atom. The molecule has 0 aliphatic carbocycles. The largest absolute Gasteiger partial charge is 0.339 e. The zero-order chi connectivity index (χ0) is 13.7. The Hall–Kier alpha value is -1.27. The average Bonchev–Trinajstić information content (AvgIpc) is 2.84. The van der Waals surface area contributed by atoms with Crippen molar-refractivity contribution in [2.75, 3.05) is 6.54 Å². The number of rotatable bonds is 6. The number of nitrogens with one attached hydrogen (secondary N) is 1. The van der Waals surface area contributed by atoms with Crippen LogP contribution in [0.4, 0.5) is 0 Å². The van der Waals surface area contributed by atoms with E-state index in [1.165, 1.54) is 0 Å². The van der Waals surface area contributed by atoms with Crippen LogP contribution in [0.3, 0.4) is 0 Å². The molecule has 0 saturated heterocycles. The van der Waals surface area contributed by atoms with Gasteiger partial charge in [0.05, 0.1) is 0 Å². The average molecular weight is 325 g/mol. The van der Waals surface area contributed by atoms with E-state index in [9.17, 15) is 0 Å². The molecule has 0 aliphatic heterocycles. The van der Waals surface area contributed by atoms with Gasteiger partial charge in [-0.05, 0) is 41.0 Å². The summed E-state index contributed by atoms with van der Waals surface area (Å²) in [5.74, 6) is 1.20. The first kappa shape index (κ1) is 14.1. The van der Waals surface area contributed by atoms with Gasteiger partial charge in [-0.1, -0.05) is 19.0 Å². The van der Waals surface area contributed by atoms with Gasteiger partial charge in [0.25, 0.3) is 0 Å². The molecular formula is C13H17BrN4O. The third-order valence-electron chi connectivity index (χ3n) is 2.54. The van der Waals surface area contributed by atoms with Crippen LogP contribution in [0.1, 0.15) is 26.2 Å². The molecule has 0 saturated carbocycles. The van der Waals surface area contributed by atoms with E-state index in [-0.39, 0.29) is 0 Å². The molecule has 0 radical (unpaired) electrons. The van der Waals surface area contributed by atoms with E-state index in [4.69, 9.17) is 4.52 Å². The number of aryl methyl sites for hydroxylation is 1. The van der Waals surface area contributed by atoms with Crippen LogP contribution < -0.4 is 5.32 Å². The molecular weight excluding hydrogens is 308 g/mol. The molecule has 0 fully saturated rings. The van der Waals surface area contributed by atoms with Crippen LogP contribution in [-0.2, 0) is 6.42 Å². The Morgan fingerprint density at radius 3 is 2.89 bits per heavy atom. The van der Waals surface area contributed by atoms with Crippen molar-refractivity contribution in [1.82, 2.24) is 20.4 Å². The molecule has 2 aromatic rings.